The van der Waals surface area contributed by atoms with Crippen molar-refractivity contribution in [3.8, 4) is 5.75 Å². The van der Waals surface area contributed by atoms with Crippen LogP contribution in [-0.4, -0.2) is 47.2 Å². The lowest BCUT2D eigenvalue weighted by molar-refractivity contribution is -0.143. The van der Waals surface area contributed by atoms with E-state index in [1.54, 1.807) is 11.8 Å². The molecule has 168 valence electrons. The van der Waals surface area contributed by atoms with Crippen LogP contribution >= 0.6 is 11.8 Å². The van der Waals surface area contributed by atoms with Crippen LogP contribution in [0, 0.1) is 11.7 Å². The predicted octanol–water partition coefficient (Wildman–Crippen LogP) is 4.55. The van der Waals surface area contributed by atoms with E-state index in [1.807, 2.05) is 6.92 Å². The van der Waals surface area contributed by atoms with E-state index in [0.29, 0.717) is 36.7 Å². The second-order valence-electron chi connectivity index (χ2n) is 7.66. The molecule has 0 aromatic heterocycles. The summed E-state index contributed by atoms with van der Waals surface area (Å²) in [4.78, 5) is 23.6. The van der Waals surface area contributed by atoms with E-state index in [9.17, 15) is 19.1 Å². The van der Waals surface area contributed by atoms with Gasteiger partial charge in [-0.2, -0.15) is 11.8 Å². The molecule has 7 heteroatoms. The summed E-state index contributed by atoms with van der Waals surface area (Å²) in [6.45, 7) is 2.38. The molecule has 5 nitrogen and oxygen atoms in total. The third kappa shape index (κ3) is 9.04. The number of aliphatic hydroxyl groups is 1. The predicted molar refractivity (Wildman–Crippen MR) is 116 cm³/mol. The van der Waals surface area contributed by atoms with Crippen LogP contribution in [0.25, 0.3) is 0 Å². The highest BCUT2D eigenvalue weighted by atomic mass is 32.2. The molecule has 0 amide bonds. The normalized spacial score (nSPS) is 19.6. The Morgan fingerprint density at radius 2 is 1.97 bits per heavy atom. The van der Waals surface area contributed by atoms with Crippen LogP contribution in [-0.2, 0) is 14.3 Å². The lowest BCUT2D eigenvalue weighted by atomic mass is 9.98. The van der Waals surface area contributed by atoms with Gasteiger partial charge in [0.25, 0.3) is 0 Å². The van der Waals surface area contributed by atoms with Crippen LogP contribution < -0.4 is 4.74 Å². The Balaban J connectivity index is 1.61. The second-order valence-corrected chi connectivity index (χ2v) is 8.93. The van der Waals surface area contributed by atoms with E-state index < -0.39 is 6.10 Å². The first-order valence-corrected chi connectivity index (χ1v) is 11.9. The number of ketones is 1. The van der Waals surface area contributed by atoms with Crippen LogP contribution in [0.1, 0.15) is 58.3 Å². The molecule has 3 atom stereocenters. The molecule has 1 saturated carbocycles. The van der Waals surface area contributed by atoms with Crippen molar-refractivity contribution in [2.45, 2.75) is 69.6 Å². The molecule has 2 rings (SSSR count). The number of aliphatic hydroxyl groups excluding tert-OH is 1. The number of halogens is 1. The smallest absolute Gasteiger partial charge is 0.305 e. The number of esters is 1. The molecule has 1 aromatic carbocycles. The number of rotatable bonds is 14. The number of hydrogen-bond donors (Lipinski definition) is 1. The quantitative estimate of drug-likeness (QED) is 0.338. The Kier molecular flexibility index (Phi) is 11.2. The Hall–Kier alpha value is -1.60. The first-order valence-electron chi connectivity index (χ1n) is 10.9. The molecule has 0 saturated heterocycles. The van der Waals surface area contributed by atoms with Gasteiger partial charge in [0.15, 0.2) is 0 Å². The third-order valence-electron chi connectivity index (χ3n) is 5.25. The maximum atomic E-state index is 12.9. The van der Waals surface area contributed by atoms with E-state index in [4.69, 9.17) is 9.47 Å². The van der Waals surface area contributed by atoms with Crippen LogP contribution in [0.4, 0.5) is 4.39 Å². The minimum atomic E-state index is -0.640. The number of carbonyl (C=O) groups is 2. The maximum absolute atomic E-state index is 12.9. The number of benzene rings is 1. The summed E-state index contributed by atoms with van der Waals surface area (Å²) in [6, 6.07) is 5.71. The van der Waals surface area contributed by atoms with Gasteiger partial charge >= 0.3 is 5.97 Å². The van der Waals surface area contributed by atoms with Crippen molar-refractivity contribution < 1.29 is 28.6 Å². The largest absolute Gasteiger partial charge is 0.491 e. The molecule has 1 N–H and O–H groups in total. The number of thioether (sulfide) groups is 1. The van der Waals surface area contributed by atoms with E-state index in [1.165, 1.54) is 24.3 Å². The third-order valence-corrected chi connectivity index (χ3v) is 6.82. The zero-order chi connectivity index (χ0) is 21.8. The summed E-state index contributed by atoms with van der Waals surface area (Å²) in [6.07, 6.45) is 5.97. The van der Waals surface area contributed by atoms with Crippen molar-refractivity contribution >= 4 is 23.5 Å². The van der Waals surface area contributed by atoms with E-state index in [-0.39, 0.29) is 29.6 Å². The molecule has 1 aromatic rings. The van der Waals surface area contributed by atoms with E-state index in [2.05, 4.69) is 0 Å². The first kappa shape index (κ1) is 24.7. The van der Waals surface area contributed by atoms with Gasteiger partial charge in [0.05, 0.1) is 12.7 Å². The Labute approximate surface area is 182 Å². The highest BCUT2D eigenvalue weighted by molar-refractivity contribution is 8.00. The summed E-state index contributed by atoms with van der Waals surface area (Å²) in [5, 5.41) is 10.4. The van der Waals surface area contributed by atoms with Gasteiger partial charge < -0.3 is 14.6 Å². The highest BCUT2D eigenvalue weighted by Crippen LogP contribution is 2.36. The molecule has 1 fully saturated rings. The molecule has 0 radical (unpaired) electrons. The van der Waals surface area contributed by atoms with Gasteiger partial charge in [-0.15, -0.1) is 0 Å². The molecule has 0 heterocycles. The number of Topliss-reactive ketones (excluding diaryl/α,β-unsaturated/α-hetero) is 1. The number of ether oxygens (including phenoxy) is 2. The van der Waals surface area contributed by atoms with Crippen LogP contribution in [0.15, 0.2) is 24.3 Å². The van der Waals surface area contributed by atoms with Gasteiger partial charge in [0.2, 0.25) is 0 Å². The number of unbranched alkanes of at least 4 members (excludes halogenated alkanes) is 3. The zero-order valence-corrected chi connectivity index (χ0v) is 18.5. The van der Waals surface area contributed by atoms with Crippen molar-refractivity contribution in [1.82, 2.24) is 0 Å². The van der Waals surface area contributed by atoms with E-state index in [0.717, 1.165) is 38.5 Å². The van der Waals surface area contributed by atoms with E-state index >= 15 is 0 Å². The molecule has 0 spiro atoms. The SMILES string of the molecule is CCOC(=O)CCCCCC[C@H]1C(=O)CC[C@@H]1SC[C@@H](O)COc1ccc(F)cc1. The molecular formula is C23H33FO5S. The molecule has 1 aliphatic carbocycles. The van der Waals surface area contributed by atoms with Crippen molar-refractivity contribution in [2.75, 3.05) is 19.0 Å². The lowest BCUT2D eigenvalue weighted by Gasteiger charge is -2.20. The Bertz CT molecular complexity index is 651. The molecule has 30 heavy (non-hydrogen) atoms. The lowest BCUT2D eigenvalue weighted by Crippen LogP contribution is -2.24. The average molecular weight is 441 g/mol. The average Bonchev–Trinajstić information content (AvgIpc) is 3.08. The maximum Gasteiger partial charge on any atom is 0.305 e. The van der Waals surface area contributed by atoms with Gasteiger partial charge in [-0.3, -0.25) is 9.59 Å². The minimum absolute atomic E-state index is 0.0604. The van der Waals surface area contributed by atoms with Gasteiger partial charge in [-0.05, 0) is 50.5 Å². The molecule has 0 unspecified atom stereocenters. The molecule has 1 aliphatic rings. The number of hydrogen-bond acceptors (Lipinski definition) is 6. The fourth-order valence-corrected chi connectivity index (χ4v) is 5.02. The Morgan fingerprint density at radius 3 is 2.70 bits per heavy atom. The summed E-state index contributed by atoms with van der Waals surface area (Å²) in [5.74, 6) is 0.963. The summed E-state index contributed by atoms with van der Waals surface area (Å²) in [7, 11) is 0. The van der Waals surface area contributed by atoms with Gasteiger partial charge in [0, 0.05) is 29.8 Å². The van der Waals surface area contributed by atoms with Crippen molar-refractivity contribution in [3.05, 3.63) is 30.1 Å². The zero-order valence-electron chi connectivity index (χ0n) is 17.7. The minimum Gasteiger partial charge on any atom is -0.491 e. The van der Waals surface area contributed by atoms with Crippen LogP contribution in [0.3, 0.4) is 0 Å². The summed E-state index contributed by atoms with van der Waals surface area (Å²) in [5.41, 5.74) is 0. The van der Waals surface area contributed by atoms with Crippen molar-refractivity contribution in [1.29, 1.82) is 0 Å². The summed E-state index contributed by atoms with van der Waals surface area (Å²) < 4.78 is 23.3. The van der Waals surface area contributed by atoms with Gasteiger partial charge in [0.1, 0.15) is 24.0 Å². The van der Waals surface area contributed by atoms with Crippen LogP contribution in [0.5, 0.6) is 5.75 Å². The van der Waals surface area contributed by atoms with Crippen LogP contribution in [0.2, 0.25) is 0 Å². The topological polar surface area (TPSA) is 72.8 Å². The molecule has 0 aliphatic heterocycles. The van der Waals surface area contributed by atoms with Gasteiger partial charge in [-0.1, -0.05) is 19.3 Å². The van der Waals surface area contributed by atoms with Crippen molar-refractivity contribution in [2.24, 2.45) is 5.92 Å². The highest BCUT2D eigenvalue weighted by Gasteiger charge is 2.34. The molecule has 0 bridgehead atoms. The monoisotopic (exact) mass is 440 g/mol. The fourth-order valence-electron chi connectivity index (χ4n) is 3.65. The Morgan fingerprint density at radius 1 is 1.23 bits per heavy atom. The standard InChI is InChI=1S/C23H33FO5S/c1-2-28-23(27)8-6-4-3-5-7-20-21(26)13-14-22(20)30-16-18(25)15-29-19-11-9-17(24)10-12-19/h9-12,18,20,22,25H,2-8,13-16H2,1H3/t18-,20-,22-/m0/s1. The summed E-state index contributed by atoms with van der Waals surface area (Å²) >= 11 is 1.65. The van der Waals surface area contributed by atoms with Gasteiger partial charge in [-0.25, -0.2) is 4.39 Å². The number of carbonyl (C=O) groups excluding carboxylic acids is 2. The first-order chi connectivity index (χ1) is 14.5. The fraction of sp³-hybridized carbons (Fsp3) is 0.652. The molecular weight excluding hydrogens is 407 g/mol. The second kappa shape index (κ2) is 13.7. The van der Waals surface area contributed by atoms with Crippen molar-refractivity contribution in [3.63, 3.8) is 0 Å².